The number of rotatable bonds is 5. The molecule has 1 aliphatic heterocycles. The van der Waals surface area contributed by atoms with Gasteiger partial charge in [0.15, 0.2) is 0 Å². The summed E-state index contributed by atoms with van der Waals surface area (Å²) in [6, 6.07) is 9.53. The summed E-state index contributed by atoms with van der Waals surface area (Å²) in [5.74, 6) is 0.0400. The van der Waals surface area contributed by atoms with Crippen LogP contribution in [0.2, 0.25) is 0 Å². The smallest absolute Gasteiger partial charge is 0.245 e. The monoisotopic (exact) mass is 326 g/mol. The Morgan fingerprint density at radius 1 is 1.25 bits per heavy atom. The van der Waals surface area contributed by atoms with Crippen LogP contribution in [0.25, 0.3) is 0 Å². The van der Waals surface area contributed by atoms with Crippen LogP contribution in [-0.2, 0) is 22.6 Å². The lowest BCUT2D eigenvalue weighted by atomic mass is 10.1. The molecule has 6 nitrogen and oxygen atoms in total. The van der Waals surface area contributed by atoms with E-state index >= 15 is 0 Å². The Morgan fingerprint density at radius 2 is 2.04 bits per heavy atom. The second-order valence-electron chi connectivity index (χ2n) is 6.12. The molecule has 2 aromatic rings. The molecule has 1 aromatic heterocycles. The Bertz CT molecular complexity index is 684. The van der Waals surface area contributed by atoms with Crippen molar-refractivity contribution in [2.24, 2.45) is 0 Å². The Labute approximate surface area is 141 Å². The molecule has 2 heterocycles. The van der Waals surface area contributed by atoms with Gasteiger partial charge >= 0.3 is 0 Å². The topological polar surface area (TPSA) is 69.3 Å². The van der Waals surface area contributed by atoms with Crippen molar-refractivity contribution in [2.75, 3.05) is 13.1 Å². The number of H-pyrrole nitrogens is 1. The van der Waals surface area contributed by atoms with Gasteiger partial charge in [0.1, 0.15) is 6.04 Å². The third kappa shape index (κ3) is 3.64. The number of benzene rings is 1. The fourth-order valence-corrected chi connectivity index (χ4v) is 3.04. The summed E-state index contributed by atoms with van der Waals surface area (Å²) >= 11 is 0. The Balaban J connectivity index is 1.56. The number of nitrogens with one attached hydrogen (secondary N) is 1. The van der Waals surface area contributed by atoms with Gasteiger partial charge in [0, 0.05) is 32.3 Å². The van der Waals surface area contributed by atoms with Crippen LogP contribution in [0.4, 0.5) is 0 Å². The summed E-state index contributed by atoms with van der Waals surface area (Å²) < 4.78 is 0. The van der Waals surface area contributed by atoms with E-state index < -0.39 is 6.04 Å². The van der Waals surface area contributed by atoms with Crippen LogP contribution in [0, 0.1) is 0 Å². The molecule has 1 N–H and O–H groups in total. The minimum Gasteiger partial charge on any atom is -0.335 e. The first-order valence-electron chi connectivity index (χ1n) is 8.25. The van der Waals surface area contributed by atoms with Crippen LogP contribution in [0.1, 0.15) is 24.5 Å². The Hall–Kier alpha value is -2.63. The minimum atomic E-state index is -0.403. The van der Waals surface area contributed by atoms with E-state index in [-0.39, 0.29) is 11.8 Å². The van der Waals surface area contributed by atoms with Crippen molar-refractivity contribution >= 4 is 11.8 Å². The van der Waals surface area contributed by atoms with Crippen LogP contribution in [-0.4, -0.2) is 50.9 Å². The molecule has 1 aromatic carbocycles. The molecule has 1 unspecified atom stereocenters. The number of piperazine rings is 1. The highest BCUT2D eigenvalue weighted by Gasteiger charge is 2.33. The first-order chi connectivity index (χ1) is 11.6. The normalized spacial score (nSPS) is 18.0. The average molecular weight is 326 g/mol. The van der Waals surface area contributed by atoms with E-state index in [0.29, 0.717) is 32.5 Å². The lowest BCUT2D eigenvalue weighted by molar-refractivity contribution is -0.151. The highest BCUT2D eigenvalue weighted by atomic mass is 16.2. The molecular weight excluding hydrogens is 304 g/mol. The number of nitrogens with zero attached hydrogens (tertiary/aromatic N) is 3. The quantitative estimate of drug-likeness (QED) is 0.907. The highest BCUT2D eigenvalue weighted by Crippen LogP contribution is 2.16. The number of aryl methyl sites for hydroxylation is 1. The molecule has 0 spiro atoms. The molecule has 24 heavy (non-hydrogen) atoms. The van der Waals surface area contributed by atoms with E-state index in [0.717, 1.165) is 11.1 Å². The summed E-state index contributed by atoms with van der Waals surface area (Å²) in [5, 5.41) is 6.62. The standard InChI is InChI=1S/C18H22N4O2/c1-14-18(24)21(13-15-5-3-2-4-6-15)9-10-22(14)17(23)8-7-16-11-19-20-12-16/h2-6,11-12,14H,7-10,13H2,1H3,(H,19,20). The number of carbonyl (C=O) groups is 2. The molecule has 0 bridgehead atoms. The molecule has 3 rings (SSSR count). The summed E-state index contributed by atoms with van der Waals surface area (Å²) in [6.45, 7) is 3.58. The number of amides is 2. The molecule has 0 saturated carbocycles. The SMILES string of the molecule is CC1C(=O)N(Cc2ccccc2)CCN1C(=O)CCc1cn[nH]c1. The predicted octanol–water partition coefficient (Wildman–Crippen LogP) is 1.60. The lowest BCUT2D eigenvalue weighted by Crippen LogP contribution is -2.57. The number of carbonyl (C=O) groups excluding carboxylic acids is 2. The maximum absolute atomic E-state index is 12.6. The van der Waals surface area contributed by atoms with Gasteiger partial charge in [-0.2, -0.15) is 5.10 Å². The van der Waals surface area contributed by atoms with Crippen molar-refractivity contribution in [3.8, 4) is 0 Å². The molecular formula is C18H22N4O2. The summed E-state index contributed by atoms with van der Waals surface area (Å²) in [6.07, 6.45) is 4.55. The first-order valence-corrected chi connectivity index (χ1v) is 8.25. The van der Waals surface area contributed by atoms with Gasteiger partial charge in [0.2, 0.25) is 11.8 Å². The van der Waals surface area contributed by atoms with Crippen molar-refractivity contribution in [1.29, 1.82) is 0 Å². The van der Waals surface area contributed by atoms with E-state index in [1.807, 2.05) is 42.2 Å². The van der Waals surface area contributed by atoms with Crippen molar-refractivity contribution in [3.63, 3.8) is 0 Å². The highest BCUT2D eigenvalue weighted by molar-refractivity contribution is 5.88. The fourth-order valence-electron chi connectivity index (χ4n) is 3.04. The maximum atomic E-state index is 12.6. The van der Waals surface area contributed by atoms with Crippen LogP contribution in [0.3, 0.4) is 0 Å². The molecule has 1 aliphatic rings. The predicted molar refractivity (Wildman–Crippen MR) is 89.9 cm³/mol. The zero-order valence-corrected chi connectivity index (χ0v) is 13.8. The summed E-state index contributed by atoms with van der Waals surface area (Å²) in [4.78, 5) is 28.6. The van der Waals surface area contributed by atoms with Crippen LogP contribution in [0.15, 0.2) is 42.7 Å². The maximum Gasteiger partial charge on any atom is 0.245 e. The van der Waals surface area contributed by atoms with Gasteiger partial charge in [-0.1, -0.05) is 30.3 Å². The van der Waals surface area contributed by atoms with Crippen molar-refractivity contribution in [2.45, 2.75) is 32.4 Å². The average Bonchev–Trinajstić information content (AvgIpc) is 3.11. The molecule has 1 atom stereocenters. The van der Waals surface area contributed by atoms with Gasteiger partial charge in [-0.15, -0.1) is 0 Å². The van der Waals surface area contributed by atoms with E-state index in [9.17, 15) is 9.59 Å². The molecule has 0 aliphatic carbocycles. The minimum absolute atomic E-state index is 0.0155. The van der Waals surface area contributed by atoms with E-state index in [1.54, 1.807) is 17.3 Å². The third-order valence-electron chi connectivity index (χ3n) is 4.47. The first kappa shape index (κ1) is 16.2. The van der Waals surface area contributed by atoms with Crippen molar-refractivity contribution < 1.29 is 9.59 Å². The second kappa shape index (κ2) is 7.29. The van der Waals surface area contributed by atoms with E-state index in [4.69, 9.17) is 0 Å². The zero-order chi connectivity index (χ0) is 16.9. The number of aromatic nitrogens is 2. The summed E-state index contributed by atoms with van der Waals surface area (Å²) in [5.41, 5.74) is 2.11. The third-order valence-corrected chi connectivity index (χ3v) is 4.47. The van der Waals surface area contributed by atoms with Crippen molar-refractivity contribution in [1.82, 2.24) is 20.0 Å². The Morgan fingerprint density at radius 3 is 2.75 bits per heavy atom. The Kier molecular flexibility index (Phi) is 4.93. The number of aromatic amines is 1. The van der Waals surface area contributed by atoms with Gasteiger partial charge in [0.25, 0.3) is 0 Å². The van der Waals surface area contributed by atoms with Gasteiger partial charge in [-0.05, 0) is 24.5 Å². The molecule has 2 amide bonds. The lowest BCUT2D eigenvalue weighted by Gasteiger charge is -2.39. The van der Waals surface area contributed by atoms with Gasteiger partial charge in [-0.25, -0.2) is 0 Å². The van der Waals surface area contributed by atoms with E-state index in [1.165, 1.54) is 0 Å². The molecule has 1 saturated heterocycles. The number of hydrogen-bond donors (Lipinski definition) is 1. The van der Waals surface area contributed by atoms with E-state index in [2.05, 4.69) is 10.2 Å². The van der Waals surface area contributed by atoms with Crippen LogP contribution < -0.4 is 0 Å². The molecule has 0 radical (unpaired) electrons. The zero-order valence-electron chi connectivity index (χ0n) is 13.8. The van der Waals surface area contributed by atoms with Gasteiger partial charge in [0.05, 0.1) is 6.20 Å². The van der Waals surface area contributed by atoms with Crippen LogP contribution >= 0.6 is 0 Å². The number of hydrogen-bond acceptors (Lipinski definition) is 3. The van der Waals surface area contributed by atoms with Crippen LogP contribution in [0.5, 0.6) is 0 Å². The largest absolute Gasteiger partial charge is 0.335 e. The fraction of sp³-hybridized carbons (Fsp3) is 0.389. The molecule has 1 fully saturated rings. The van der Waals surface area contributed by atoms with Crippen molar-refractivity contribution in [3.05, 3.63) is 53.9 Å². The van der Waals surface area contributed by atoms with Gasteiger partial charge in [-0.3, -0.25) is 14.7 Å². The molecule has 6 heteroatoms. The van der Waals surface area contributed by atoms with Gasteiger partial charge < -0.3 is 9.80 Å². The second-order valence-corrected chi connectivity index (χ2v) is 6.12. The molecule has 126 valence electrons. The summed E-state index contributed by atoms with van der Waals surface area (Å²) in [7, 11) is 0.